The van der Waals surface area contributed by atoms with E-state index in [-0.39, 0.29) is 17.0 Å². The van der Waals surface area contributed by atoms with Crippen LogP contribution in [0.25, 0.3) is 22.0 Å². The number of fused-ring (bicyclic) bond motifs is 1. The molecule has 0 aliphatic rings. The van der Waals surface area contributed by atoms with Gasteiger partial charge in [0.25, 0.3) is 0 Å². The molecule has 1 aromatic heterocycles. The largest absolute Gasteiger partial charge is 0.331 e. The van der Waals surface area contributed by atoms with Crippen molar-refractivity contribution in [1.29, 1.82) is 0 Å². The summed E-state index contributed by atoms with van der Waals surface area (Å²) < 4.78 is 26.8. The molecule has 0 bridgehead atoms. The first-order valence-electron chi connectivity index (χ1n) is 9.84. The Morgan fingerprint density at radius 2 is 1.61 bits per heavy atom. The quantitative estimate of drug-likeness (QED) is 0.311. The van der Waals surface area contributed by atoms with Crippen LogP contribution >= 0.6 is 28.3 Å². The fourth-order valence-corrected chi connectivity index (χ4v) is 5.61. The number of benzene rings is 3. The molecule has 31 heavy (non-hydrogen) atoms. The lowest BCUT2D eigenvalue weighted by Crippen LogP contribution is -2.30. The highest BCUT2D eigenvalue weighted by Crippen LogP contribution is 2.31. The first-order chi connectivity index (χ1) is 14.5. The second kappa shape index (κ2) is 9.91. The van der Waals surface area contributed by atoms with Gasteiger partial charge >= 0.3 is 0 Å². The van der Waals surface area contributed by atoms with Crippen LogP contribution in [-0.4, -0.2) is 30.8 Å². The minimum absolute atomic E-state index is 0. The number of thiazole rings is 1. The minimum atomic E-state index is -3.45. The SMILES string of the molecule is Br.CCN(CC)S(=O)(=O)c1ccc(-c2csc(Nc3cccc4ccccc34)n2)cc1. The summed E-state index contributed by atoms with van der Waals surface area (Å²) in [5.74, 6) is 0. The molecule has 5 nitrogen and oxygen atoms in total. The van der Waals surface area contributed by atoms with Crippen molar-refractivity contribution in [3.63, 3.8) is 0 Å². The van der Waals surface area contributed by atoms with Crippen LogP contribution in [-0.2, 0) is 10.0 Å². The van der Waals surface area contributed by atoms with Crippen molar-refractivity contribution in [2.45, 2.75) is 18.7 Å². The van der Waals surface area contributed by atoms with Crippen LogP contribution in [0, 0.1) is 0 Å². The van der Waals surface area contributed by atoms with E-state index in [1.807, 2.05) is 55.6 Å². The van der Waals surface area contributed by atoms with Crippen LogP contribution in [0.1, 0.15) is 13.8 Å². The van der Waals surface area contributed by atoms with E-state index >= 15 is 0 Å². The fourth-order valence-electron chi connectivity index (χ4n) is 3.42. The normalized spacial score (nSPS) is 11.5. The smallest absolute Gasteiger partial charge is 0.243 e. The van der Waals surface area contributed by atoms with Crippen LogP contribution < -0.4 is 5.32 Å². The minimum Gasteiger partial charge on any atom is -0.331 e. The summed E-state index contributed by atoms with van der Waals surface area (Å²) in [6.45, 7) is 4.59. The van der Waals surface area contributed by atoms with Crippen molar-refractivity contribution in [3.8, 4) is 11.3 Å². The second-order valence-electron chi connectivity index (χ2n) is 6.80. The van der Waals surface area contributed by atoms with Crippen LogP contribution in [0.5, 0.6) is 0 Å². The summed E-state index contributed by atoms with van der Waals surface area (Å²) in [6.07, 6.45) is 0. The molecule has 0 unspecified atom stereocenters. The number of aromatic nitrogens is 1. The molecule has 1 N–H and O–H groups in total. The molecule has 0 saturated carbocycles. The van der Waals surface area contributed by atoms with Gasteiger partial charge in [0.1, 0.15) is 0 Å². The maximum atomic E-state index is 12.7. The molecular weight excluding hydrogens is 494 g/mol. The molecule has 0 atom stereocenters. The maximum absolute atomic E-state index is 12.7. The van der Waals surface area contributed by atoms with Crippen LogP contribution in [0.4, 0.5) is 10.8 Å². The Morgan fingerprint density at radius 3 is 2.32 bits per heavy atom. The summed E-state index contributed by atoms with van der Waals surface area (Å²) in [4.78, 5) is 4.99. The number of sulfonamides is 1. The molecular formula is C23H24BrN3O2S2. The molecule has 0 spiro atoms. The average Bonchev–Trinajstić information content (AvgIpc) is 3.23. The topological polar surface area (TPSA) is 62.3 Å². The van der Waals surface area contributed by atoms with Gasteiger partial charge in [-0.05, 0) is 23.6 Å². The molecule has 1 heterocycles. The number of halogens is 1. The predicted octanol–water partition coefficient (Wildman–Crippen LogP) is 6.32. The van der Waals surface area contributed by atoms with E-state index in [0.29, 0.717) is 18.0 Å². The van der Waals surface area contributed by atoms with Crippen molar-refractivity contribution < 1.29 is 8.42 Å². The van der Waals surface area contributed by atoms with Gasteiger partial charge in [-0.15, -0.1) is 28.3 Å². The van der Waals surface area contributed by atoms with Crippen LogP contribution in [0.2, 0.25) is 0 Å². The lowest BCUT2D eigenvalue weighted by molar-refractivity contribution is 0.445. The number of hydrogen-bond donors (Lipinski definition) is 1. The zero-order valence-corrected chi connectivity index (χ0v) is 20.6. The molecule has 0 fully saturated rings. The standard InChI is InChI=1S/C23H23N3O2S2.BrH/c1-3-26(4-2)30(27,28)19-14-12-18(13-15-19)22-16-29-23(25-22)24-21-11-7-9-17-8-5-6-10-20(17)21;/h5-16H,3-4H2,1-2H3,(H,24,25);1H. The van der Waals surface area contributed by atoms with E-state index in [1.165, 1.54) is 21.0 Å². The number of nitrogens with one attached hydrogen (secondary N) is 1. The molecule has 0 amide bonds. The summed E-state index contributed by atoms with van der Waals surface area (Å²) in [5.41, 5.74) is 2.71. The predicted molar refractivity (Wildman–Crippen MR) is 135 cm³/mol. The van der Waals surface area contributed by atoms with Gasteiger partial charge in [0.15, 0.2) is 5.13 Å². The lowest BCUT2D eigenvalue weighted by atomic mass is 10.1. The zero-order chi connectivity index (χ0) is 21.1. The summed E-state index contributed by atoms with van der Waals surface area (Å²) in [5, 5.41) is 8.49. The molecule has 0 saturated heterocycles. The molecule has 3 aromatic carbocycles. The zero-order valence-electron chi connectivity index (χ0n) is 17.3. The average molecular weight is 519 g/mol. The molecule has 162 valence electrons. The van der Waals surface area contributed by atoms with E-state index in [1.54, 1.807) is 12.1 Å². The van der Waals surface area contributed by atoms with E-state index < -0.39 is 10.0 Å². The number of rotatable bonds is 7. The van der Waals surface area contributed by atoms with Gasteiger partial charge in [-0.3, -0.25) is 0 Å². The first kappa shape index (κ1) is 23.4. The Bertz CT molecular complexity index is 1260. The van der Waals surface area contributed by atoms with Gasteiger partial charge in [0.05, 0.1) is 10.6 Å². The van der Waals surface area contributed by atoms with Gasteiger partial charge in [-0.25, -0.2) is 13.4 Å². The maximum Gasteiger partial charge on any atom is 0.243 e. The van der Waals surface area contributed by atoms with Gasteiger partial charge in [0, 0.05) is 35.1 Å². The third-order valence-corrected chi connectivity index (χ3v) is 7.85. The monoisotopic (exact) mass is 517 g/mol. The Balaban J connectivity index is 0.00000272. The summed E-state index contributed by atoms with van der Waals surface area (Å²) in [7, 11) is -3.45. The van der Waals surface area contributed by atoms with Gasteiger partial charge < -0.3 is 5.32 Å². The Labute approximate surface area is 197 Å². The van der Waals surface area contributed by atoms with Crippen molar-refractivity contribution >= 4 is 59.9 Å². The van der Waals surface area contributed by atoms with Gasteiger partial charge in [-0.1, -0.05) is 62.4 Å². The Kier molecular flexibility index (Phi) is 7.48. The lowest BCUT2D eigenvalue weighted by Gasteiger charge is -2.18. The molecule has 4 rings (SSSR count). The molecule has 8 heteroatoms. The van der Waals surface area contributed by atoms with Gasteiger partial charge in [-0.2, -0.15) is 4.31 Å². The second-order valence-corrected chi connectivity index (χ2v) is 9.60. The third kappa shape index (κ3) is 4.82. The molecule has 0 radical (unpaired) electrons. The van der Waals surface area contributed by atoms with Crippen molar-refractivity contribution in [3.05, 3.63) is 72.1 Å². The highest BCUT2D eigenvalue weighted by Gasteiger charge is 2.21. The Hall–Kier alpha value is -2.26. The van der Waals surface area contributed by atoms with Crippen molar-refractivity contribution in [1.82, 2.24) is 9.29 Å². The van der Waals surface area contributed by atoms with Gasteiger partial charge in [0.2, 0.25) is 10.0 Å². The van der Waals surface area contributed by atoms with E-state index in [2.05, 4.69) is 28.5 Å². The van der Waals surface area contributed by atoms with Crippen molar-refractivity contribution in [2.75, 3.05) is 18.4 Å². The number of nitrogens with zero attached hydrogens (tertiary/aromatic N) is 2. The highest BCUT2D eigenvalue weighted by atomic mass is 79.9. The Morgan fingerprint density at radius 1 is 0.935 bits per heavy atom. The highest BCUT2D eigenvalue weighted by molar-refractivity contribution is 8.93. The fraction of sp³-hybridized carbons (Fsp3) is 0.174. The third-order valence-electron chi connectivity index (χ3n) is 5.03. The van der Waals surface area contributed by atoms with Crippen LogP contribution in [0.3, 0.4) is 0 Å². The molecule has 4 aromatic rings. The molecule has 0 aliphatic carbocycles. The first-order valence-corrected chi connectivity index (χ1v) is 12.2. The van der Waals surface area contributed by atoms with Crippen molar-refractivity contribution in [2.24, 2.45) is 0 Å². The summed E-state index contributed by atoms with van der Waals surface area (Å²) >= 11 is 1.52. The number of hydrogen-bond acceptors (Lipinski definition) is 5. The molecule has 0 aliphatic heterocycles. The van der Waals surface area contributed by atoms with E-state index in [4.69, 9.17) is 0 Å². The van der Waals surface area contributed by atoms with E-state index in [0.717, 1.165) is 27.5 Å². The van der Waals surface area contributed by atoms with Crippen LogP contribution in [0.15, 0.2) is 77.0 Å². The summed E-state index contributed by atoms with van der Waals surface area (Å²) in [6, 6.07) is 21.3. The van der Waals surface area contributed by atoms with E-state index in [9.17, 15) is 8.42 Å². The number of anilines is 2.